The second-order valence-corrected chi connectivity index (χ2v) is 6.93. The molecule has 8 N–H and O–H groups in total. The molecule has 1 fully saturated rings. The van der Waals surface area contributed by atoms with Crippen LogP contribution in [0.2, 0.25) is 0 Å². The van der Waals surface area contributed by atoms with Gasteiger partial charge >= 0.3 is 0 Å². The summed E-state index contributed by atoms with van der Waals surface area (Å²) in [5.74, 6) is 0.256. The summed E-state index contributed by atoms with van der Waals surface area (Å²) in [5, 5.41) is 27.4. The molecule has 0 saturated carbocycles. The van der Waals surface area contributed by atoms with Crippen LogP contribution in [-0.4, -0.2) is 80.8 Å². The number of anilines is 1. The Kier molecular flexibility index (Phi) is 7.48. The molecule has 11 heteroatoms. The number of aliphatic hydroxyl groups excluding tert-OH is 2. The number of ether oxygens (including phenoxy) is 1. The van der Waals surface area contributed by atoms with Crippen LogP contribution < -0.4 is 22.1 Å². The van der Waals surface area contributed by atoms with Gasteiger partial charge in [0.25, 0.3) is 0 Å². The van der Waals surface area contributed by atoms with Gasteiger partial charge in [0.15, 0.2) is 17.7 Å². The average molecular weight is 394 g/mol. The molecule has 0 spiro atoms. The molecule has 3 rings (SSSR count). The summed E-state index contributed by atoms with van der Waals surface area (Å²) >= 11 is 0. The molecule has 1 aliphatic heterocycles. The normalized spacial score (nSPS) is 25.0. The second kappa shape index (κ2) is 10.0. The molecule has 0 aromatic carbocycles. The first-order valence-corrected chi connectivity index (χ1v) is 9.69. The van der Waals surface area contributed by atoms with Crippen LogP contribution in [0.5, 0.6) is 0 Å². The zero-order valence-electron chi connectivity index (χ0n) is 15.9. The number of aromatic nitrogens is 4. The third-order valence-electron chi connectivity index (χ3n) is 4.86. The molecule has 156 valence electrons. The van der Waals surface area contributed by atoms with Crippen LogP contribution in [0.25, 0.3) is 11.2 Å². The minimum absolute atomic E-state index is 0.256. The lowest BCUT2D eigenvalue weighted by atomic mass is 10.1. The van der Waals surface area contributed by atoms with Gasteiger partial charge in [0, 0.05) is 6.54 Å². The molecule has 3 heterocycles. The molecular formula is C17H30N8O3. The van der Waals surface area contributed by atoms with Gasteiger partial charge in [0.2, 0.25) is 0 Å². The van der Waals surface area contributed by atoms with Crippen molar-refractivity contribution in [3.8, 4) is 0 Å². The van der Waals surface area contributed by atoms with Gasteiger partial charge in [0.1, 0.15) is 30.2 Å². The molecule has 0 aliphatic carbocycles. The van der Waals surface area contributed by atoms with Crippen LogP contribution in [0.3, 0.4) is 0 Å². The molecule has 4 atom stereocenters. The lowest BCUT2D eigenvalue weighted by Gasteiger charge is -2.16. The van der Waals surface area contributed by atoms with Crippen LogP contribution in [0.15, 0.2) is 12.7 Å². The number of nitrogen functional groups attached to an aromatic ring is 1. The lowest BCUT2D eigenvalue weighted by Crippen LogP contribution is -2.38. The van der Waals surface area contributed by atoms with Crippen molar-refractivity contribution in [3.05, 3.63) is 12.7 Å². The molecule has 1 aliphatic rings. The summed E-state index contributed by atoms with van der Waals surface area (Å²) in [6.07, 6.45) is 2.48. The lowest BCUT2D eigenvalue weighted by molar-refractivity contribution is -0.0341. The fraction of sp³-hybridized carbons (Fsp3) is 0.706. The number of nitrogens with two attached hydrogens (primary N) is 2. The number of imidazole rings is 1. The molecule has 0 amide bonds. The van der Waals surface area contributed by atoms with Crippen molar-refractivity contribution in [1.82, 2.24) is 30.2 Å². The van der Waals surface area contributed by atoms with E-state index >= 15 is 0 Å². The number of rotatable bonds is 11. The quantitative estimate of drug-likeness (QED) is 0.242. The van der Waals surface area contributed by atoms with Gasteiger partial charge in [-0.25, -0.2) is 15.0 Å². The molecule has 2 aromatic rings. The number of hydrogen-bond acceptors (Lipinski definition) is 10. The van der Waals surface area contributed by atoms with Crippen molar-refractivity contribution in [2.24, 2.45) is 5.73 Å². The average Bonchev–Trinajstić information content (AvgIpc) is 3.24. The molecule has 28 heavy (non-hydrogen) atoms. The maximum absolute atomic E-state index is 10.4. The van der Waals surface area contributed by atoms with Crippen LogP contribution >= 0.6 is 0 Å². The fourth-order valence-corrected chi connectivity index (χ4v) is 3.29. The van der Waals surface area contributed by atoms with Crippen LogP contribution in [-0.2, 0) is 4.74 Å². The van der Waals surface area contributed by atoms with Crippen molar-refractivity contribution in [2.45, 2.75) is 43.8 Å². The van der Waals surface area contributed by atoms with E-state index in [2.05, 4.69) is 25.6 Å². The van der Waals surface area contributed by atoms with E-state index in [1.54, 1.807) is 4.57 Å². The van der Waals surface area contributed by atoms with E-state index in [0.717, 1.165) is 45.4 Å². The van der Waals surface area contributed by atoms with E-state index in [-0.39, 0.29) is 5.82 Å². The Labute approximate surface area is 163 Å². The number of nitrogens with zero attached hydrogens (tertiary/aromatic N) is 4. The van der Waals surface area contributed by atoms with Crippen molar-refractivity contribution in [1.29, 1.82) is 0 Å². The third kappa shape index (κ3) is 4.74. The number of nitrogens with one attached hydrogen (secondary N) is 2. The van der Waals surface area contributed by atoms with E-state index < -0.39 is 24.5 Å². The summed E-state index contributed by atoms with van der Waals surface area (Å²) in [6.45, 7) is 3.84. The Hall–Kier alpha value is -1.89. The highest BCUT2D eigenvalue weighted by molar-refractivity contribution is 5.81. The number of fused-ring (bicyclic) bond motifs is 1. The predicted molar refractivity (Wildman–Crippen MR) is 104 cm³/mol. The van der Waals surface area contributed by atoms with Crippen molar-refractivity contribution in [3.63, 3.8) is 0 Å². The van der Waals surface area contributed by atoms with Crippen molar-refractivity contribution < 1.29 is 14.9 Å². The second-order valence-electron chi connectivity index (χ2n) is 6.93. The molecule has 0 radical (unpaired) electrons. The zero-order chi connectivity index (χ0) is 19.9. The van der Waals surface area contributed by atoms with Crippen LogP contribution in [0, 0.1) is 0 Å². The van der Waals surface area contributed by atoms with E-state index in [0.29, 0.717) is 17.7 Å². The van der Waals surface area contributed by atoms with Gasteiger partial charge in [-0.1, -0.05) is 0 Å². The largest absolute Gasteiger partial charge is 0.387 e. The van der Waals surface area contributed by atoms with Gasteiger partial charge in [-0.3, -0.25) is 4.57 Å². The summed E-state index contributed by atoms with van der Waals surface area (Å²) in [4.78, 5) is 12.2. The first kappa shape index (κ1) is 20.8. The molecule has 2 aromatic heterocycles. The van der Waals surface area contributed by atoms with E-state index in [1.807, 2.05) is 0 Å². The monoisotopic (exact) mass is 394 g/mol. The van der Waals surface area contributed by atoms with Gasteiger partial charge in [-0.15, -0.1) is 0 Å². The zero-order valence-corrected chi connectivity index (χ0v) is 15.9. The molecule has 1 saturated heterocycles. The summed E-state index contributed by atoms with van der Waals surface area (Å²) in [5.41, 5.74) is 12.2. The number of aliphatic hydroxyl groups is 2. The van der Waals surface area contributed by atoms with Crippen molar-refractivity contribution >= 4 is 17.0 Å². The minimum Gasteiger partial charge on any atom is -0.387 e. The first-order chi connectivity index (χ1) is 13.6. The maximum Gasteiger partial charge on any atom is 0.167 e. The van der Waals surface area contributed by atoms with E-state index in [4.69, 9.17) is 16.2 Å². The highest BCUT2D eigenvalue weighted by atomic mass is 16.6. The third-order valence-corrected chi connectivity index (χ3v) is 4.86. The fourth-order valence-electron chi connectivity index (χ4n) is 3.29. The standard InChI is InChI=1S/C17H30N8O3/c18-4-1-2-5-20-6-3-7-21-8-11-13(26)14(27)17(28-11)25-10-24-12-15(19)22-9-23-16(12)25/h9-11,13-14,17,20-21,26-27H,1-8,18H2,(H2,19,22,23)/t11-,13-,14-,17-/m1/s1. The Balaban J connectivity index is 1.46. The Morgan fingerprint density at radius 1 is 1.04 bits per heavy atom. The van der Waals surface area contributed by atoms with Crippen LogP contribution in [0.4, 0.5) is 5.82 Å². The highest BCUT2D eigenvalue weighted by Gasteiger charge is 2.44. The van der Waals surface area contributed by atoms with Gasteiger partial charge < -0.3 is 37.1 Å². The number of hydrogen-bond donors (Lipinski definition) is 6. The Bertz CT molecular complexity index is 742. The molecule has 0 bridgehead atoms. The Morgan fingerprint density at radius 3 is 2.64 bits per heavy atom. The topological polar surface area (TPSA) is 169 Å². The first-order valence-electron chi connectivity index (χ1n) is 9.69. The van der Waals surface area contributed by atoms with Crippen LogP contribution in [0.1, 0.15) is 25.5 Å². The SMILES string of the molecule is NCCCCNCCCNC[C@H]1O[C@@H](n2cnc3c(N)ncnc32)[C@H](O)[C@@H]1O. The summed E-state index contributed by atoms with van der Waals surface area (Å²) in [6, 6.07) is 0. The van der Waals surface area contributed by atoms with E-state index in [1.165, 1.54) is 12.7 Å². The maximum atomic E-state index is 10.4. The van der Waals surface area contributed by atoms with E-state index in [9.17, 15) is 10.2 Å². The number of unbranched alkanes of at least 4 members (excludes halogenated alkanes) is 1. The smallest absolute Gasteiger partial charge is 0.167 e. The summed E-state index contributed by atoms with van der Waals surface area (Å²) in [7, 11) is 0. The minimum atomic E-state index is -1.09. The van der Waals surface area contributed by atoms with Gasteiger partial charge in [-0.2, -0.15) is 0 Å². The molecule has 11 nitrogen and oxygen atoms in total. The Morgan fingerprint density at radius 2 is 1.82 bits per heavy atom. The van der Waals surface area contributed by atoms with Crippen molar-refractivity contribution in [2.75, 3.05) is 38.5 Å². The van der Waals surface area contributed by atoms with Gasteiger partial charge in [0.05, 0.1) is 6.33 Å². The predicted octanol–water partition coefficient (Wildman–Crippen LogP) is -1.66. The highest BCUT2D eigenvalue weighted by Crippen LogP contribution is 2.31. The molecular weight excluding hydrogens is 364 g/mol. The summed E-state index contributed by atoms with van der Waals surface area (Å²) < 4.78 is 7.46. The van der Waals surface area contributed by atoms with Gasteiger partial charge in [-0.05, 0) is 45.4 Å². The molecule has 0 unspecified atom stereocenters.